The van der Waals surface area contributed by atoms with Gasteiger partial charge in [-0.2, -0.15) is 0 Å². The molecule has 1 amide bonds. The predicted molar refractivity (Wildman–Crippen MR) is 88.5 cm³/mol. The van der Waals surface area contributed by atoms with E-state index in [0.717, 1.165) is 31.2 Å². The lowest BCUT2D eigenvalue weighted by molar-refractivity contribution is -0.137. The molecule has 0 unspecified atom stereocenters. The molecule has 5 heteroatoms. The van der Waals surface area contributed by atoms with E-state index in [1.165, 1.54) is 6.92 Å². The molecule has 0 radical (unpaired) electrons. The van der Waals surface area contributed by atoms with E-state index in [1.807, 2.05) is 24.3 Å². The lowest BCUT2D eigenvalue weighted by atomic mass is 10.0. The van der Waals surface area contributed by atoms with Gasteiger partial charge in [0.2, 0.25) is 5.91 Å². The molecule has 0 saturated heterocycles. The quantitative estimate of drug-likeness (QED) is 0.485. The molecule has 0 bridgehead atoms. The first-order chi connectivity index (χ1) is 11.0. The number of unbranched alkanes of at least 4 members (excludes halogenated alkanes) is 3. The Morgan fingerprint density at radius 2 is 1.57 bits per heavy atom. The van der Waals surface area contributed by atoms with Crippen molar-refractivity contribution in [2.45, 2.75) is 51.9 Å². The van der Waals surface area contributed by atoms with Gasteiger partial charge in [-0.3, -0.25) is 14.4 Å². The number of amides is 1. The molecule has 0 aromatic heterocycles. The maximum atomic E-state index is 12.0. The van der Waals surface area contributed by atoms with Crippen LogP contribution in [0.3, 0.4) is 0 Å². The minimum absolute atomic E-state index is 0.0415. The lowest BCUT2D eigenvalue weighted by Gasteiger charge is -2.05. The van der Waals surface area contributed by atoms with Crippen LogP contribution >= 0.6 is 0 Å². The Kier molecular flexibility index (Phi) is 8.65. The number of hydrogen-bond donors (Lipinski definition) is 2. The van der Waals surface area contributed by atoms with Crippen LogP contribution < -0.4 is 5.32 Å². The lowest BCUT2D eigenvalue weighted by Crippen LogP contribution is -2.22. The van der Waals surface area contributed by atoms with Crippen LogP contribution in [0.5, 0.6) is 0 Å². The Balaban J connectivity index is 2.25. The minimum Gasteiger partial charge on any atom is -0.481 e. The summed E-state index contributed by atoms with van der Waals surface area (Å²) in [5.41, 5.74) is 1.79. The van der Waals surface area contributed by atoms with Crippen molar-refractivity contribution in [3.63, 3.8) is 0 Å². The zero-order chi connectivity index (χ0) is 17.1. The Bertz CT molecular complexity index is 522. The zero-order valence-corrected chi connectivity index (χ0v) is 13.6. The normalized spacial score (nSPS) is 10.3. The van der Waals surface area contributed by atoms with Crippen molar-refractivity contribution in [2.24, 2.45) is 0 Å². The second-order valence-corrected chi connectivity index (χ2v) is 5.66. The Hall–Kier alpha value is -2.17. The maximum Gasteiger partial charge on any atom is 0.303 e. The molecule has 0 heterocycles. The van der Waals surface area contributed by atoms with Crippen LogP contribution in [0.2, 0.25) is 0 Å². The van der Waals surface area contributed by atoms with Crippen molar-refractivity contribution in [1.29, 1.82) is 0 Å². The summed E-state index contributed by atoms with van der Waals surface area (Å²) in [6, 6.07) is 7.50. The van der Waals surface area contributed by atoms with Gasteiger partial charge in [0.1, 0.15) is 0 Å². The summed E-state index contributed by atoms with van der Waals surface area (Å²) in [5.74, 6) is -0.684. The number of nitrogens with one attached hydrogen (secondary N) is 1. The van der Waals surface area contributed by atoms with Crippen LogP contribution in [0.25, 0.3) is 0 Å². The van der Waals surface area contributed by atoms with Crippen LogP contribution in [0.15, 0.2) is 24.3 Å². The van der Waals surface area contributed by atoms with Gasteiger partial charge in [0.15, 0.2) is 5.78 Å². The summed E-state index contributed by atoms with van der Waals surface area (Å²) in [5, 5.41) is 11.3. The highest BCUT2D eigenvalue weighted by atomic mass is 16.4. The van der Waals surface area contributed by atoms with Crippen LogP contribution in [0.1, 0.15) is 61.4 Å². The molecule has 0 atom stereocenters. The first-order valence-corrected chi connectivity index (χ1v) is 8.07. The molecule has 1 aromatic carbocycles. The van der Waals surface area contributed by atoms with Crippen LogP contribution in [-0.4, -0.2) is 29.3 Å². The van der Waals surface area contributed by atoms with Gasteiger partial charge in [-0.05, 0) is 24.8 Å². The molecule has 0 spiro atoms. The van der Waals surface area contributed by atoms with Gasteiger partial charge in [-0.15, -0.1) is 0 Å². The molecule has 0 aliphatic carbocycles. The Morgan fingerprint density at radius 1 is 0.957 bits per heavy atom. The second-order valence-electron chi connectivity index (χ2n) is 5.66. The van der Waals surface area contributed by atoms with Gasteiger partial charge < -0.3 is 10.4 Å². The standard InChI is InChI=1S/C18H25NO4/c1-14(20)19-13-12-15-8-10-16(11-9-15)17(21)6-4-2-3-5-7-18(22)23/h8-11H,2-7,12-13H2,1H3,(H,19,20)(H,22,23). The van der Waals surface area contributed by atoms with Gasteiger partial charge in [0.05, 0.1) is 0 Å². The van der Waals surface area contributed by atoms with E-state index in [9.17, 15) is 14.4 Å². The molecule has 1 rings (SSSR count). The number of benzene rings is 1. The first kappa shape index (κ1) is 18.9. The van der Waals surface area contributed by atoms with Crippen LogP contribution in [-0.2, 0) is 16.0 Å². The minimum atomic E-state index is -0.764. The fourth-order valence-electron chi connectivity index (χ4n) is 2.30. The third kappa shape index (κ3) is 8.76. The summed E-state index contributed by atoms with van der Waals surface area (Å²) >= 11 is 0. The van der Waals surface area contributed by atoms with E-state index in [2.05, 4.69) is 5.32 Å². The highest BCUT2D eigenvalue weighted by Crippen LogP contribution is 2.11. The van der Waals surface area contributed by atoms with Crippen molar-refractivity contribution in [1.82, 2.24) is 5.32 Å². The highest BCUT2D eigenvalue weighted by Gasteiger charge is 2.06. The van der Waals surface area contributed by atoms with Crippen molar-refractivity contribution in [3.05, 3.63) is 35.4 Å². The topological polar surface area (TPSA) is 83.5 Å². The third-order valence-electron chi connectivity index (χ3n) is 3.61. The SMILES string of the molecule is CC(=O)NCCc1ccc(C(=O)CCCCCCC(=O)O)cc1. The largest absolute Gasteiger partial charge is 0.481 e. The summed E-state index contributed by atoms with van der Waals surface area (Å²) in [7, 11) is 0. The third-order valence-corrected chi connectivity index (χ3v) is 3.61. The van der Waals surface area contributed by atoms with Gasteiger partial charge in [-0.25, -0.2) is 0 Å². The van der Waals surface area contributed by atoms with E-state index in [4.69, 9.17) is 5.11 Å². The van der Waals surface area contributed by atoms with Gasteiger partial charge >= 0.3 is 5.97 Å². The number of carboxylic acid groups (broad SMARTS) is 1. The van der Waals surface area contributed by atoms with E-state index >= 15 is 0 Å². The molecule has 0 fully saturated rings. The van der Waals surface area contributed by atoms with Gasteiger partial charge in [0, 0.05) is 31.9 Å². The molecule has 126 valence electrons. The molecule has 2 N–H and O–H groups in total. The van der Waals surface area contributed by atoms with E-state index in [1.54, 1.807) is 0 Å². The number of Topliss-reactive ketones (excluding diaryl/α,β-unsaturated/α-hetero) is 1. The fourth-order valence-corrected chi connectivity index (χ4v) is 2.30. The van der Waals surface area contributed by atoms with Crippen molar-refractivity contribution < 1.29 is 19.5 Å². The van der Waals surface area contributed by atoms with Crippen molar-refractivity contribution in [3.8, 4) is 0 Å². The average molecular weight is 319 g/mol. The smallest absolute Gasteiger partial charge is 0.303 e. The van der Waals surface area contributed by atoms with E-state index in [-0.39, 0.29) is 18.1 Å². The van der Waals surface area contributed by atoms with Crippen molar-refractivity contribution in [2.75, 3.05) is 6.54 Å². The van der Waals surface area contributed by atoms with Crippen molar-refractivity contribution >= 4 is 17.7 Å². The molecule has 0 aliphatic heterocycles. The van der Waals surface area contributed by atoms with Crippen LogP contribution in [0, 0.1) is 0 Å². The zero-order valence-electron chi connectivity index (χ0n) is 13.6. The van der Waals surface area contributed by atoms with E-state index < -0.39 is 5.97 Å². The molecular formula is C18H25NO4. The average Bonchev–Trinajstić information content (AvgIpc) is 2.50. The molecule has 5 nitrogen and oxygen atoms in total. The number of ketones is 1. The molecule has 0 aliphatic rings. The predicted octanol–water partition coefficient (Wildman–Crippen LogP) is 2.97. The summed E-state index contributed by atoms with van der Waals surface area (Å²) in [6.07, 6.45) is 4.65. The summed E-state index contributed by atoms with van der Waals surface area (Å²) < 4.78 is 0. The number of hydrogen-bond acceptors (Lipinski definition) is 3. The number of carbonyl (C=O) groups excluding carboxylic acids is 2. The Labute approximate surface area is 137 Å². The number of aliphatic carboxylic acids is 1. The van der Waals surface area contributed by atoms with Gasteiger partial charge in [-0.1, -0.05) is 37.1 Å². The maximum absolute atomic E-state index is 12.0. The molecule has 1 aromatic rings. The number of rotatable bonds is 11. The van der Waals surface area contributed by atoms with Gasteiger partial charge in [0.25, 0.3) is 0 Å². The molecular weight excluding hydrogens is 294 g/mol. The second kappa shape index (κ2) is 10.5. The first-order valence-electron chi connectivity index (χ1n) is 8.07. The highest BCUT2D eigenvalue weighted by molar-refractivity contribution is 5.96. The van der Waals surface area contributed by atoms with E-state index in [0.29, 0.717) is 24.9 Å². The van der Waals surface area contributed by atoms with Crippen LogP contribution in [0.4, 0.5) is 0 Å². The molecule has 0 saturated carbocycles. The Morgan fingerprint density at radius 3 is 2.13 bits per heavy atom. The summed E-state index contributed by atoms with van der Waals surface area (Å²) in [6.45, 7) is 2.09. The fraction of sp³-hybridized carbons (Fsp3) is 0.500. The number of carboxylic acids is 1. The number of carbonyl (C=O) groups is 3. The summed E-state index contributed by atoms with van der Waals surface area (Å²) in [4.78, 5) is 33.2. The molecule has 23 heavy (non-hydrogen) atoms. The monoisotopic (exact) mass is 319 g/mol.